The fraction of sp³-hybridized carbons (Fsp3) is 0.750. The summed E-state index contributed by atoms with van der Waals surface area (Å²) in [5.74, 6) is 0.210. The lowest BCUT2D eigenvalue weighted by Gasteiger charge is -2.17. The number of rotatable bonds is 4. The molecule has 1 aliphatic rings. The van der Waals surface area contributed by atoms with E-state index in [1.54, 1.807) is 6.20 Å². The number of aliphatic hydroxyl groups is 1. The minimum Gasteiger partial charge on any atom is -0.386 e. The monoisotopic (exact) mass is 224 g/mol. The van der Waals surface area contributed by atoms with Crippen LogP contribution in [0.2, 0.25) is 0 Å². The lowest BCUT2D eigenvalue weighted by Crippen LogP contribution is -2.17. The zero-order valence-corrected chi connectivity index (χ0v) is 9.97. The Balaban J connectivity index is 2.07. The van der Waals surface area contributed by atoms with Crippen molar-refractivity contribution < 1.29 is 9.84 Å². The van der Waals surface area contributed by atoms with E-state index >= 15 is 0 Å². The van der Waals surface area contributed by atoms with Crippen molar-refractivity contribution in [3.63, 3.8) is 0 Å². The normalized spacial score (nSPS) is 27.2. The molecular formula is C12H20N2O2. The van der Waals surface area contributed by atoms with Crippen molar-refractivity contribution >= 4 is 0 Å². The molecule has 4 heteroatoms. The fourth-order valence-electron chi connectivity index (χ4n) is 2.30. The van der Waals surface area contributed by atoms with E-state index in [1.165, 1.54) is 0 Å². The van der Waals surface area contributed by atoms with Gasteiger partial charge in [0, 0.05) is 18.7 Å². The van der Waals surface area contributed by atoms with Crippen molar-refractivity contribution in [2.24, 2.45) is 5.92 Å². The van der Waals surface area contributed by atoms with Crippen LogP contribution < -0.4 is 0 Å². The van der Waals surface area contributed by atoms with Crippen LogP contribution in [0.3, 0.4) is 0 Å². The Hall–Kier alpha value is -0.870. The second-order valence-electron chi connectivity index (χ2n) is 4.56. The van der Waals surface area contributed by atoms with Gasteiger partial charge < -0.3 is 9.84 Å². The van der Waals surface area contributed by atoms with Crippen LogP contribution in [-0.4, -0.2) is 27.6 Å². The molecule has 2 heterocycles. The Kier molecular flexibility index (Phi) is 3.61. The molecule has 1 aromatic heterocycles. The summed E-state index contributed by atoms with van der Waals surface area (Å²) >= 11 is 0. The lowest BCUT2D eigenvalue weighted by atomic mass is 9.97. The Morgan fingerprint density at radius 3 is 3.12 bits per heavy atom. The van der Waals surface area contributed by atoms with Gasteiger partial charge in [0.15, 0.2) is 0 Å². The molecule has 4 nitrogen and oxygen atoms in total. The molecule has 90 valence electrons. The molecule has 1 aromatic rings. The minimum absolute atomic E-state index is 0.210. The first-order valence-corrected chi connectivity index (χ1v) is 6.03. The number of aryl methyl sites for hydroxylation is 1. The zero-order valence-electron chi connectivity index (χ0n) is 9.97. The quantitative estimate of drug-likeness (QED) is 0.847. The summed E-state index contributed by atoms with van der Waals surface area (Å²) in [6.45, 7) is 5.68. The molecule has 0 aromatic carbocycles. The molecule has 0 radical (unpaired) electrons. The minimum atomic E-state index is -0.445. The van der Waals surface area contributed by atoms with E-state index in [9.17, 15) is 5.11 Å². The molecule has 16 heavy (non-hydrogen) atoms. The van der Waals surface area contributed by atoms with Crippen molar-refractivity contribution in [2.45, 2.75) is 45.4 Å². The molecule has 0 saturated carbocycles. The SMILES string of the molecule is CCCn1nccc1C(O)C1COC(C)C1. The molecule has 3 atom stereocenters. The van der Waals surface area contributed by atoms with Crippen LogP contribution in [0.25, 0.3) is 0 Å². The molecule has 0 spiro atoms. The number of ether oxygens (including phenoxy) is 1. The topological polar surface area (TPSA) is 47.3 Å². The fourth-order valence-corrected chi connectivity index (χ4v) is 2.30. The van der Waals surface area contributed by atoms with Crippen LogP contribution in [0.5, 0.6) is 0 Å². The summed E-state index contributed by atoms with van der Waals surface area (Å²) in [5, 5.41) is 14.5. The maximum absolute atomic E-state index is 10.3. The van der Waals surface area contributed by atoms with E-state index < -0.39 is 6.10 Å². The van der Waals surface area contributed by atoms with Gasteiger partial charge in [0.05, 0.1) is 18.4 Å². The first-order chi connectivity index (χ1) is 7.72. The van der Waals surface area contributed by atoms with Crippen LogP contribution in [0, 0.1) is 5.92 Å². The van der Waals surface area contributed by atoms with E-state index in [2.05, 4.69) is 18.9 Å². The van der Waals surface area contributed by atoms with Gasteiger partial charge in [-0.05, 0) is 25.8 Å². The summed E-state index contributed by atoms with van der Waals surface area (Å²) in [7, 11) is 0. The Morgan fingerprint density at radius 1 is 1.69 bits per heavy atom. The van der Waals surface area contributed by atoms with E-state index in [-0.39, 0.29) is 12.0 Å². The number of aromatic nitrogens is 2. The summed E-state index contributed by atoms with van der Waals surface area (Å²) in [6.07, 6.45) is 3.53. The van der Waals surface area contributed by atoms with Crippen molar-refractivity contribution in [2.75, 3.05) is 6.61 Å². The van der Waals surface area contributed by atoms with E-state index in [4.69, 9.17) is 4.74 Å². The highest BCUT2D eigenvalue weighted by atomic mass is 16.5. The third-order valence-electron chi connectivity index (χ3n) is 3.16. The molecule has 0 aliphatic carbocycles. The molecule has 1 N–H and O–H groups in total. The number of hydrogen-bond donors (Lipinski definition) is 1. The molecule has 1 aliphatic heterocycles. The smallest absolute Gasteiger partial charge is 0.101 e. The highest BCUT2D eigenvalue weighted by Gasteiger charge is 2.30. The van der Waals surface area contributed by atoms with Crippen molar-refractivity contribution in [3.05, 3.63) is 18.0 Å². The number of nitrogens with zero attached hydrogens (tertiary/aromatic N) is 2. The highest BCUT2D eigenvalue weighted by Crippen LogP contribution is 2.31. The second-order valence-corrected chi connectivity index (χ2v) is 4.56. The zero-order chi connectivity index (χ0) is 11.5. The molecular weight excluding hydrogens is 204 g/mol. The Morgan fingerprint density at radius 2 is 2.50 bits per heavy atom. The number of aliphatic hydroxyl groups excluding tert-OH is 1. The molecule has 1 saturated heterocycles. The van der Waals surface area contributed by atoms with Gasteiger partial charge in [-0.1, -0.05) is 6.92 Å². The Bertz CT molecular complexity index is 338. The average Bonchev–Trinajstić information content (AvgIpc) is 2.87. The van der Waals surface area contributed by atoms with Crippen molar-refractivity contribution in [3.8, 4) is 0 Å². The van der Waals surface area contributed by atoms with Crippen LogP contribution in [0.4, 0.5) is 0 Å². The average molecular weight is 224 g/mol. The van der Waals surface area contributed by atoms with Gasteiger partial charge in [0.2, 0.25) is 0 Å². The lowest BCUT2D eigenvalue weighted by molar-refractivity contribution is 0.0751. The molecule has 3 unspecified atom stereocenters. The van der Waals surface area contributed by atoms with Gasteiger partial charge >= 0.3 is 0 Å². The second kappa shape index (κ2) is 4.97. The molecule has 0 amide bonds. The van der Waals surface area contributed by atoms with Gasteiger partial charge in [-0.15, -0.1) is 0 Å². The largest absolute Gasteiger partial charge is 0.386 e. The van der Waals surface area contributed by atoms with E-state index in [1.807, 2.05) is 10.7 Å². The first kappa shape index (κ1) is 11.6. The first-order valence-electron chi connectivity index (χ1n) is 6.03. The molecule has 0 bridgehead atoms. The summed E-state index contributed by atoms with van der Waals surface area (Å²) in [5.41, 5.74) is 0.921. The maximum atomic E-state index is 10.3. The van der Waals surface area contributed by atoms with Gasteiger partial charge in [0.25, 0.3) is 0 Å². The molecule has 2 rings (SSSR count). The van der Waals surface area contributed by atoms with Crippen molar-refractivity contribution in [1.29, 1.82) is 0 Å². The summed E-state index contributed by atoms with van der Waals surface area (Å²) < 4.78 is 7.39. The maximum Gasteiger partial charge on any atom is 0.101 e. The van der Waals surface area contributed by atoms with Gasteiger partial charge in [0.1, 0.15) is 6.10 Å². The third kappa shape index (κ3) is 2.28. The summed E-state index contributed by atoms with van der Waals surface area (Å²) in [4.78, 5) is 0. The van der Waals surface area contributed by atoms with Gasteiger partial charge in [-0.25, -0.2) is 0 Å². The Labute approximate surface area is 96.2 Å². The molecule has 1 fully saturated rings. The van der Waals surface area contributed by atoms with Crippen LogP contribution in [-0.2, 0) is 11.3 Å². The summed E-state index contributed by atoms with van der Waals surface area (Å²) in [6, 6.07) is 1.91. The van der Waals surface area contributed by atoms with Crippen LogP contribution in [0.1, 0.15) is 38.5 Å². The third-order valence-corrected chi connectivity index (χ3v) is 3.16. The highest BCUT2D eigenvalue weighted by molar-refractivity contribution is 5.06. The van der Waals surface area contributed by atoms with Gasteiger partial charge in [-0.3, -0.25) is 4.68 Å². The van der Waals surface area contributed by atoms with Crippen LogP contribution in [0.15, 0.2) is 12.3 Å². The van der Waals surface area contributed by atoms with Crippen molar-refractivity contribution in [1.82, 2.24) is 9.78 Å². The number of hydrogen-bond acceptors (Lipinski definition) is 3. The standard InChI is InChI=1S/C12H20N2O2/c1-3-6-14-11(4-5-13-14)12(15)10-7-9(2)16-8-10/h4-5,9-10,12,15H,3,6-8H2,1-2H3. The van der Waals surface area contributed by atoms with Crippen LogP contribution >= 0.6 is 0 Å². The van der Waals surface area contributed by atoms with E-state index in [0.717, 1.165) is 25.1 Å². The predicted octanol–water partition coefficient (Wildman–Crippen LogP) is 1.75. The predicted molar refractivity (Wildman–Crippen MR) is 61.0 cm³/mol. The van der Waals surface area contributed by atoms with E-state index in [0.29, 0.717) is 6.61 Å². The van der Waals surface area contributed by atoms with Gasteiger partial charge in [-0.2, -0.15) is 5.10 Å².